The summed E-state index contributed by atoms with van der Waals surface area (Å²) in [6, 6.07) is 10.4. The first-order chi connectivity index (χ1) is 11.1. The minimum absolute atomic E-state index is 0. The van der Waals surface area contributed by atoms with Crippen molar-refractivity contribution in [2.75, 3.05) is 6.54 Å². The van der Waals surface area contributed by atoms with Crippen LogP contribution in [-0.4, -0.2) is 26.8 Å². The normalized spacial score (nSPS) is 16.6. The number of aromatic nitrogens is 1. The van der Waals surface area contributed by atoms with Crippen LogP contribution in [0.3, 0.4) is 0 Å². The van der Waals surface area contributed by atoms with E-state index in [0.717, 1.165) is 35.1 Å². The highest BCUT2D eigenvalue weighted by molar-refractivity contribution is 5.86. The van der Waals surface area contributed by atoms with Gasteiger partial charge in [-0.25, -0.2) is 0 Å². The van der Waals surface area contributed by atoms with E-state index >= 15 is 0 Å². The van der Waals surface area contributed by atoms with E-state index in [0.29, 0.717) is 6.42 Å². The number of rotatable bonds is 2. The molecular weight excluding hydrogens is 328 g/mol. The van der Waals surface area contributed by atoms with Crippen LogP contribution in [0, 0.1) is 0 Å². The number of aromatic hydroxyl groups is 3. The van der Waals surface area contributed by atoms with Gasteiger partial charge >= 0.3 is 0 Å². The number of hydrogen-bond donors (Lipinski definition) is 5. The molecule has 0 aliphatic carbocycles. The van der Waals surface area contributed by atoms with Crippen LogP contribution in [0.25, 0.3) is 10.9 Å². The molecule has 2 aromatic carbocycles. The summed E-state index contributed by atoms with van der Waals surface area (Å²) in [5, 5.41) is 33.4. The Kier molecular flexibility index (Phi) is 4.30. The summed E-state index contributed by atoms with van der Waals surface area (Å²) in [4.78, 5) is 3.45. The molecule has 1 aromatic heterocycles. The molecule has 0 amide bonds. The second kappa shape index (κ2) is 6.26. The second-order valence-corrected chi connectivity index (χ2v) is 6.03. The predicted molar refractivity (Wildman–Crippen MR) is 95.1 cm³/mol. The first-order valence-corrected chi connectivity index (χ1v) is 7.69. The summed E-state index contributed by atoms with van der Waals surface area (Å²) in [5.41, 5.74) is 4.34. The Bertz CT molecular complexity index is 891. The molecule has 4 rings (SSSR count). The lowest BCUT2D eigenvalue weighted by Crippen LogP contribution is -2.31. The predicted octanol–water partition coefficient (Wildman–Crippen LogP) is 3.14. The van der Waals surface area contributed by atoms with Crippen molar-refractivity contribution in [2.45, 2.75) is 18.9 Å². The van der Waals surface area contributed by atoms with Crippen molar-refractivity contribution in [3.8, 4) is 17.2 Å². The van der Waals surface area contributed by atoms with Gasteiger partial charge in [0.2, 0.25) is 0 Å². The van der Waals surface area contributed by atoms with E-state index < -0.39 is 0 Å². The van der Waals surface area contributed by atoms with E-state index in [-0.39, 0.29) is 35.7 Å². The first-order valence-electron chi connectivity index (χ1n) is 7.69. The fourth-order valence-electron chi connectivity index (χ4n) is 3.40. The van der Waals surface area contributed by atoms with Gasteiger partial charge in [0.25, 0.3) is 0 Å². The molecule has 0 spiro atoms. The van der Waals surface area contributed by atoms with Gasteiger partial charge in [-0.2, -0.15) is 0 Å². The third-order valence-electron chi connectivity index (χ3n) is 4.52. The number of nitrogens with one attached hydrogen (secondary N) is 2. The Morgan fingerprint density at radius 2 is 1.83 bits per heavy atom. The summed E-state index contributed by atoms with van der Waals surface area (Å²) in [6.45, 7) is 0.865. The van der Waals surface area contributed by atoms with Crippen molar-refractivity contribution in [1.29, 1.82) is 0 Å². The Balaban J connectivity index is 0.00000169. The highest BCUT2D eigenvalue weighted by atomic mass is 35.5. The number of phenols is 3. The van der Waals surface area contributed by atoms with Gasteiger partial charge in [-0.3, -0.25) is 0 Å². The molecule has 5 N–H and O–H groups in total. The Hall–Kier alpha value is -2.37. The van der Waals surface area contributed by atoms with E-state index in [2.05, 4.69) is 10.3 Å². The first kappa shape index (κ1) is 16.5. The molecule has 24 heavy (non-hydrogen) atoms. The number of hydrogen-bond acceptors (Lipinski definition) is 4. The van der Waals surface area contributed by atoms with E-state index in [1.165, 1.54) is 11.6 Å². The van der Waals surface area contributed by atoms with Gasteiger partial charge in [0.1, 0.15) is 5.75 Å². The molecule has 0 bridgehead atoms. The van der Waals surface area contributed by atoms with E-state index in [4.69, 9.17) is 0 Å². The lowest BCUT2D eigenvalue weighted by Gasteiger charge is -2.24. The number of halogens is 1. The maximum absolute atomic E-state index is 9.73. The molecule has 1 aliphatic heterocycles. The molecule has 6 heteroatoms. The van der Waals surface area contributed by atoms with Gasteiger partial charge in [-0.05, 0) is 60.8 Å². The van der Waals surface area contributed by atoms with Crippen LogP contribution in [0.5, 0.6) is 17.2 Å². The van der Waals surface area contributed by atoms with Crippen LogP contribution in [0.4, 0.5) is 0 Å². The van der Waals surface area contributed by atoms with E-state index in [9.17, 15) is 15.3 Å². The van der Waals surface area contributed by atoms with Crippen LogP contribution in [0.2, 0.25) is 0 Å². The standard InChI is InChI=1S/C18H18N2O3.ClH/c21-11-2-3-14-13(9-11)12-5-6-19-15(18(12)20-14)7-10-1-4-16(22)17(23)8-10;/h1-4,8-9,15,19-23H,5-7H2;1H. The molecule has 0 saturated carbocycles. The van der Waals surface area contributed by atoms with Crippen molar-refractivity contribution < 1.29 is 15.3 Å². The topological polar surface area (TPSA) is 88.5 Å². The lowest BCUT2D eigenvalue weighted by atomic mass is 9.94. The minimum atomic E-state index is -0.105. The molecule has 2 heterocycles. The van der Waals surface area contributed by atoms with Gasteiger partial charge in [0.15, 0.2) is 11.5 Å². The zero-order chi connectivity index (χ0) is 16.0. The molecule has 0 fully saturated rings. The minimum Gasteiger partial charge on any atom is -0.508 e. The number of aromatic amines is 1. The average Bonchev–Trinajstić information content (AvgIpc) is 2.90. The summed E-state index contributed by atoms with van der Waals surface area (Å²) in [5.74, 6) is 0.0741. The third-order valence-corrected chi connectivity index (χ3v) is 4.52. The van der Waals surface area contributed by atoms with Gasteiger partial charge in [-0.1, -0.05) is 6.07 Å². The maximum atomic E-state index is 9.73. The van der Waals surface area contributed by atoms with Gasteiger partial charge in [-0.15, -0.1) is 12.4 Å². The average molecular weight is 347 g/mol. The SMILES string of the molecule is Cl.Oc1ccc2[nH]c3c(c2c1)CCNC3Cc1ccc(O)c(O)c1. The number of H-pyrrole nitrogens is 1. The monoisotopic (exact) mass is 346 g/mol. The van der Waals surface area contributed by atoms with Crippen molar-refractivity contribution in [2.24, 2.45) is 0 Å². The molecule has 0 saturated heterocycles. The molecule has 3 aromatic rings. The summed E-state index contributed by atoms with van der Waals surface area (Å²) in [6.07, 6.45) is 1.62. The molecule has 1 unspecified atom stereocenters. The molecule has 126 valence electrons. The van der Waals surface area contributed by atoms with Crippen LogP contribution in [-0.2, 0) is 12.8 Å². The highest BCUT2D eigenvalue weighted by Gasteiger charge is 2.24. The summed E-state index contributed by atoms with van der Waals surface area (Å²) in [7, 11) is 0. The van der Waals surface area contributed by atoms with Gasteiger partial charge < -0.3 is 25.6 Å². The number of fused-ring (bicyclic) bond motifs is 3. The third kappa shape index (κ3) is 2.77. The molecule has 1 aliphatic rings. The molecule has 0 radical (unpaired) electrons. The largest absolute Gasteiger partial charge is 0.508 e. The smallest absolute Gasteiger partial charge is 0.157 e. The zero-order valence-electron chi connectivity index (χ0n) is 12.9. The van der Waals surface area contributed by atoms with Crippen molar-refractivity contribution in [3.05, 3.63) is 53.2 Å². The fraction of sp³-hybridized carbons (Fsp3) is 0.222. The van der Waals surface area contributed by atoms with Crippen molar-refractivity contribution in [1.82, 2.24) is 10.3 Å². The van der Waals surface area contributed by atoms with Crippen LogP contribution in [0.15, 0.2) is 36.4 Å². The zero-order valence-corrected chi connectivity index (χ0v) is 13.7. The van der Waals surface area contributed by atoms with Crippen LogP contribution in [0.1, 0.15) is 22.9 Å². The fourth-order valence-corrected chi connectivity index (χ4v) is 3.40. The summed E-state index contributed by atoms with van der Waals surface area (Å²) >= 11 is 0. The quantitative estimate of drug-likeness (QED) is 0.461. The maximum Gasteiger partial charge on any atom is 0.157 e. The summed E-state index contributed by atoms with van der Waals surface area (Å²) < 4.78 is 0. The Morgan fingerprint density at radius 3 is 2.62 bits per heavy atom. The van der Waals surface area contributed by atoms with Gasteiger partial charge in [0.05, 0.1) is 6.04 Å². The molecule has 5 nitrogen and oxygen atoms in total. The van der Waals surface area contributed by atoms with E-state index in [1.54, 1.807) is 18.2 Å². The molecular formula is C18H19ClN2O3. The number of benzene rings is 2. The van der Waals surface area contributed by atoms with Crippen LogP contribution >= 0.6 is 12.4 Å². The Labute approximate surface area is 145 Å². The van der Waals surface area contributed by atoms with Crippen molar-refractivity contribution >= 4 is 23.3 Å². The lowest BCUT2D eigenvalue weighted by molar-refractivity contribution is 0.402. The molecule has 1 atom stereocenters. The number of phenolic OH excluding ortho intramolecular Hbond substituents is 3. The van der Waals surface area contributed by atoms with Gasteiger partial charge in [0, 0.05) is 16.6 Å². The Morgan fingerprint density at radius 1 is 1.00 bits per heavy atom. The highest BCUT2D eigenvalue weighted by Crippen LogP contribution is 2.34. The second-order valence-electron chi connectivity index (χ2n) is 6.03. The van der Waals surface area contributed by atoms with E-state index in [1.807, 2.05) is 12.1 Å². The van der Waals surface area contributed by atoms with Crippen molar-refractivity contribution in [3.63, 3.8) is 0 Å². The van der Waals surface area contributed by atoms with Crippen LogP contribution < -0.4 is 5.32 Å².